The van der Waals surface area contributed by atoms with E-state index in [0.29, 0.717) is 12.1 Å². The summed E-state index contributed by atoms with van der Waals surface area (Å²) in [7, 11) is 0. The lowest BCUT2D eigenvalue weighted by atomic mass is 9.89. The number of oxime groups is 1. The summed E-state index contributed by atoms with van der Waals surface area (Å²) in [6, 6.07) is 20.7. The fraction of sp³-hybridized carbons (Fsp3) is 0.100. The minimum absolute atomic E-state index is 0.210. The van der Waals surface area contributed by atoms with Crippen LogP contribution in [0.4, 0.5) is 0 Å². The second-order valence-electron chi connectivity index (χ2n) is 5.71. The van der Waals surface area contributed by atoms with E-state index in [4.69, 9.17) is 0 Å². The average Bonchev–Trinajstić information content (AvgIpc) is 2.94. The molecule has 1 aromatic heterocycles. The van der Waals surface area contributed by atoms with Gasteiger partial charge >= 0.3 is 0 Å². The van der Waals surface area contributed by atoms with E-state index in [1.54, 1.807) is 12.4 Å². The van der Waals surface area contributed by atoms with Crippen LogP contribution in [-0.2, 0) is 0 Å². The van der Waals surface area contributed by atoms with Crippen LogP contribution >= 0.6 is 0 Å². The number of rotatable bonds is 3. The quantitative estimate of drug-likeness (QED) is 0.441. The van der Waals surface area contributed by atoms with E-state index in [1.165, 1.54) is 22.3 Å². The van der Waals surface area contributed by atoms with Gasteiger partial charge in [0.05, 0.1) is 5.71 Å². The lowest BCUT2D eigenvalue weighted by Gasteiger charge is -2.14. The van der Waals surface area contributed by atoms with Crippen LogP contribution in [0.5, 0.6) is 0 Å². The van der Waals surface area contributed by atoms with Crippen molar-refractivity contribution in [1.29, 1.82) is 0 Å². The van der Waals surface area contributed by atoms with Crippen molar-refractivity contribution < 1.29 is 5.21 Å². The van der Waals surface area contributed by atoms with Gasteiger partial charge in [-0.1, -0.05) is 53.7 Å². The van der Waals surface area contributed by atoms with Crippen molar-refractivity contribution in [2.75, 3.05) is 0 Å². The summed E-state index contributed by atoms with van der Waals surface area (Å²) < 4.78 is 0. The molecule has 23 heavy (non-hydrogen) atoms. The van der Waals surface area contributed by atoms with Crippen LogP contribution in [0.15, 0.2) is 78.2 Å². The number of nitrogens with zero attached hydrogens (tertiary/aromatic N) is 2. The summed E-state index contributed by atoms with van der Waals surface area (Å²) in [5.41, 5.74) is 6.74. The van der Waals surface area contributed by atoms with Gasteiger partial charge in [-0.3, -0.25) is 4.98 Å². The second kappa shape index (κ2) is 5.69. The molecule has 1 aliphatic rings. The zero-order valence-corrected chi connectivity index (χ0v) is 12.6. The summed E-state index contributed by atoms with van der Waals surface area (Å²) in [6.07, 6.45) is 4.10. The molecule has 3 nitrogen and oxygen atoms in total. The van der Waals surface area contributed by atoms with Crippen LogP contribution in [0.3, 0.4) is 0 Å². The zero-order chi connectivity index (χ0) is 15.6. The van der Waals surface area contributed by atoms with Gasteiger partial charge in [-0.25, -0.2) is 0 Å². The molecule has 1 aliphatic carbocycles. The first kappa shape index (κ1) is 13.7. The van der Waals surface area contributed by atoms with Gasteiger partial charge in [0.15, 0.2) is 0 Å². The smallest absolute Gasteiger partial charge is 0.0878 e. The number of benzene rings is 2. The summed E-state index contributed by atoms with van der Waals surface area (Å²) in [5, 5.41) is 13.1. The molecule has 2 aromatic carbocycles. The molecule has 0 amide bonds. The molecule has 0 atom stereocenters. The summed E-state index contributed by atoms with van der Waals surface area (Å²) in [4.78, 5) is 4.03. The standard InChI is InChI=1S/C20H16N2O/c23-22-20(14-9-11-21-12-10-14)13-19-17-7-3-1-5-15(17)16-6-2-4-8-18(16)19/h1-12,19,23H,13H2/b22-20+. The molecule has 1 N–H and O–H groups in total. The van der Waals surface area contributed by atoms with E-state index in [-0.39, 0.29) is 5.92 Å². The Kier molecular flexibility index (Phi) is 3.39. The molecule has 4 rings (SSSR count). The zero-order valence-electron chi connectivity index (χ0n) is 12.6. The van der Waals surface area contributed by atoms with Crippen molar-refractivity contribution in [3.63, 3.8) is 0 Å². The van der Waals surface area contributed by atoms with Crippen molar-refractivity contribution >= 4 is 5.71 Å². The number of fused-ring (bicyclic) bond motifs is 3. The fourth-order valence-corrected chi connectivity index (χ4v) is 3.43. The molecule has 112 valence electrons. The highest BCUT2D eigenvalue weighted by molar-refractivity contribution is 6.01. The van der Waals surface area contributed by atoms with E-state index < -0.39 is 0 Å². The molecular weight excluding hydrogens is 284 g/mol. The predicted octanol–water partition coefficient (Wildman–Crippen LogP) is 4.46. The number of pyridine rings is 1. The maximum absolute atomic E-state index is 9.50. The predicted molar refractivity (Wildman–Crippen MR) is 90.9 cm³/mol. The first-order valence-electron chi connectivity index (χ1n) is 7.68. The van der Waals surface area contributed by atoms with Crippen LogP contribution in [-0.4, -0.2) is 15.9 Å². The van der Waals surface area contributed by atoms with Gasteiger partial charge in [-0.15, -0.1) is 0 Å². The highest BCUT2D eigenvalue weighted by Crippen LogP contribution is 2.46. The molecule has 0 saturated carbocycles. The van der Waals surface area contributed by atoms with Crippen LogP contribution < -0.4 is 0 Å². The molecule has 0 bridgehead atoms. The Morgan fingerprint density at radius 2 is 1.43 bits per heavy atom. The van der Waals surface area contributed by atoms with Crippen LogP contribution in [0.25, 0.3) is 11.1 Å². The Balaban J connectivity index is 1.77. The topological polar surface area (TPSA) is 45.5 Å². The third kappa shape index (κ3) is 2.30. The molecule has 0 unspecified atom stereocenters. The van der Waals surface area contributed by atoms with E-state index in [9.17, 15) is 5.21 Å². The number of hydrogen-bond donors (Lipinski definition) is 1. The van der Waals surface area contributed by atoms with Gasteiger partial charge in [0.1, 0.15) is 0 Å². The maximum atomic E-state index is 9.50. The SMILES string of the molecule is O/N=C(\CC1c2ccccc2-c2ccccc21)c1ccncc1. The average molecular weight is 300 g/mol. The number of hydrogen-bond acceptors (Lipinski definition) is 3. The van der Waals surface area contributed by atoms with E-state index in [1.807, 2.05) is 12.1 Å². The Hall–Kier alpha value is -2.94. The van der Waals surface area contributed by atoms with E-state index in [2.05, 4.69) is 58.7 Å². The third-order valence-electron chi connectivity index (χ3n) is 4.49. The second-order valence-corrected chi connectivity index (χ2v) is 5.71. The number of aromatic nitrogens is 1. The van der Waals surface area contributed by atoms with Crippen molar-refractivity contribution in [2.24, 2.45) is 5.16 Å². The summed E-state index contributed by atoms with van der Waals surface area (Å²) >= 11 is 0. The summed E-state index contributed by atoms with van der Waals surface area (Å²) in [5.74, 6) is 0.210. The molecule has 1 heterocycles. The first-order valence-corrected chi connectivity index (χ1v) is 7.68. The van der Waals surface area contributed by atoms with Crippen molar-refractivity contribution in [2.45, 2.75) is 12.3 Å². The van der Waals surface area contributed by atoms with Gasteiger partial charge in [-0.2, -0.15) is 0 Å². The lowest BCUT2D eigenvalue weighted by molar-refractivity contribution is 0.317. The van der Waals surface area contributed by atoms with E-state index in [0.717, 1.165) is 5.56 Å². The largest absolute Gasteiger partial charge is 0.411 e. The molecule has 0 fully saturated rings. The minimum atomic E-state index is 0.210. The Labute approximate surface area is 134 Å². The fourth-order valence-electron chi connectivity index (χ4n) is 3.43. The molecule has 3 aromatic rings. The first-order chi connectivity index (χ1) is 11.4. The van der Waals surface area contributed by atoms with Crippen LogP contribution in [0, 0.1) is 0 Å². The third-order valence-corrected chi connectivity index (χ3v) is 4.49. The highest BCUT2D eigenvalue weighted by atomic mass is 16.4. The monoisotopic (exact) mass is 300 g/mol. The van der Waals surface area contributed by atoms with Crippen LogP contribution in [0.1, 0.15) is 29.0 Å². The molecule has 0 spiro atoms. The highest BCUT2D eigenvalue weighted by Gasteiger charge is 2.29. The normalized spacial score (nSPS) is 13.7. The van der Waals surface area contributed by atoms with Crippen molar-refractivity contribution in [3.05, 3.63) is 89.7 Å². The van der Waals surface area contributed by atoms with Gasteiger partial charge in [0.2, 0.25) is 0 Å². The maximum Gasteiger partial charge on any atom is 0.0878 e. The molecule has 0 radical (unpaired) electrons. The lowest BCUT2D eigenvalue weighted by Crippen LogP contribution is -2.08. The van der Waals surface area contributed by atoms with Gasteiger partial charge in [-0.05, 0) is 34.4 Å². The van der Waals surface area contributed by atoms with Gasteiger partial charge in [0, 0.05) is 30.3 Å². The molecular formula is C20H16N2O. The molecule has 3 heteroatoms. The molecule has 0 saturated heterocycles. The van der Waals surface area contributed by atoms with Crippen LogP contribution in [0.2, 0.25) is 0 Å². The minimum Gasteiger partial charge on any atom is -0.411 e. The Morgan fingerprint density at radius 1 is 0.870 bits per heavy atom. The Morgan fingerprint density at radius 3 is 2.00 bits per heavy atom. The summed E-state index contributed by atoms with van der Waals surface area (Å²) in [6.45, 7) is 0. The van der Waals surface area contributed by atoms with Gasteiger partial charge in [0.25, 0.3) is 0 Å². The Bertz CT molecular complexity index is 826. The molecule has 0 aliphatic heterocycles. The van der Waals surface area contributed by atoms with Crippen molar-refractivity contribution in [3.8, 4) is 11.1 Å². The van der Waals surface area contributed by atoms with Crippen molar-refractivity contribution in [1.82, 2.24) is 4.98 Å². The van der Waals surface area contributed by atoms with Gasteiger partial charge < -0.3 is 5.21 Å². The van der Waals surface area contributed by atoms with E-state index >= 15 is 0 Å².